The summed E-state index contributed by atoms with van der Waals surface area (Å²) in [6.07, 6.45) is 7.98. The van der Waals surface area contributed by atoms with Gasteiger partial charge in [-0.15, -0.1) is 0 Å². The smallest absolute Gasteiger partial charge is 0.0428 e. The molecule has 1 fully saturated rings. The highest BCUT2D eigenvalue weighted by atomic mass is 15.2. The Kier molecular flexibility index (Phi) is 2.37. The highest BCUT2D eigenvalue weighted by molar-refractivity contribution is 5.05. The van der Waals surface area contributed by atoms with E-state index in [-0.39, 0.29) is 5.54 Å². The minimum Gasteiger partial charge on any atom is -0.324 e. The van der Waals surface area contributed by atoms with Crippen molar-refractivity contribution in [1.29, 1.82) is 0 Å². The maximum Gasteiger partial charge on any atom is 0.0428 e. The van der Waals surface area contributed by atoms with Gasteiger partial charge in [-0.2, -0.15) is 0 Å². The predicted octanol–water partition coefficient (Wildman–Crippen LogP) is 2.48. The standard InChI is InChI=1S/C11H19N/c1-6-12-10(9(2)3)7-8-11(12,4)5/h1,9-10H,7-8H2,2-5H3. The van der Waals surface area contributed by atoms with Crippen LogP contribution >= 0.6 is 0 Å². The molecule has 0 N–H and O–H groups in total. The molecule has 0 radical (unpaired) electrons. The van der Waals surface area contributed by atoms with Gasteiger partial charge in [-0.05, 0) is 32.6 Å². The molecule has 1 aliphatic rings. The predicted molar refractivity (Wildman–Crippen MR) is 52.6 cm³/mol. The molecular formula is C11H19N. The molecule has 0 aromatic heterocycles. The maximum atomic E-state index is 5.51. The number of likely N-dealkylation sites (tertiary alicyclic amines) is 1. The molecule has 1 nitrogen and oxygen atoms in total. The zero-order valence-electron chi connectivity index (χ0n) is 8.59. The van der Waals surface area contributed by atoms with Crippen LogP contribution in [0.15, 0.2) is 0 Å². The lowest BCUT2D eigenvalue weighted by Gasteiger charge is -2.34. The van der Waals surface area contributed by atoms with E-state index < -0.39 is 0 Å². The molecule has 0 amide bonds. The van der Waals surface area contributed by atoms with Crippen LogP contribution in [0.2, 0.25) is 0 Å². The van der Waals surface area contributed by atoms with Crippen molar-refractivity contribution in [3.05, 3.63) is 0 Å². The first kappa shape index (κ1) is 9.45. The highest BCUT2D eigenvalue weighted by Crippen LogP contribution is 2.35. The Morgan fingerprint density at radius 1 is 1.50 bits per heavy atom. The van der Waals surface area contributed by atoms with Crippen LogP contribution in [-0.4, -0.2) is 16.5 Å². The largest absolute Gasteiger partial charge is 0.324 e. The fourth-order valence-corrected chi connectivity index (χ4v) is 2.10. The van der Waals surface area contributed by atoms with Crippen molar-refractivity contribution >= 4 is 0 Å². The molecular weight excluding hydrogens is 146 g/mol. The van der Waals surface area contributed by atoms with Gasteiger partial charge in [0.1, 0.15) is 0 Å². The molecule has 1 heterocycles. The molecule has 12 heavy (non-hydrogen) atoms. The van der Waals surface area contributed by atoms with Crippen LogP contribution in [0.4, 0.5) is 0 Å². The summed E-state index contributed by atoms with van der Waals surface area (Å²) in [4.78, 5) is 2.19. The van der Waals surface area contributed by atoms with Crippen molar-refractivity contribution in [2.24, 2.45) is 5.92 Å². The minimum absolute atomic E-state index is 0.212. The lowest BCUT2D eigenvalue weighted by molar-refractivity contribution is 0.184. The number of rotatable bonds is 1. The zero-order valence-corrected chi connectivity index (χ0v) is 8.59. The first-order chi connectivity index (χ1) is 5.49. The number of terminal acetylenes is 1. The Labute approximate surface area is 76.1 Å². The first-order valence-electron chi connectivity index (χ1n) is 4.74. The normalized spacial score (nSPS) is 27.7. The van der Waals surface area contributed by atoms with E-state index in [9.17, 15) is 0 Å². The van der Waals surface area contributed by atoms with Gasteiger partial charge in [0, 0.05) is 17.6 Å². The Morgan fingerprint density at radius 3 is 2.42 bits per heavy atom. The van der Waals surface area contributed by atoms with E-state index in [1.54, 1.807) is 0 Å². The SMILES string of the molecule is C#CN1C(C(C)C)CCC1(C)C. The van der Waals surface area contributed by atoms with Crippen molar-refractivity contribution in [3.8, 4) is 12.5 Å². The van der Waals surface area contributed by atoms with Crippen molar-refractivity contribution in [3.63, 3.8) is 0 Å². The Morgan fingerprint density at radius 2 is 2.08 bits per heavy atom. The first-order valence-corrected chi connectivity index (χ1v) is 4.74. The third kappa shape index (κ3) is 1.43. The van der Waals surface area contributed by atoms with E-state index in [1.807, 2.05) is 0 Å². The molecule has 1 unspecified atom stereocenters. The minimum atomic E-state index is 0.212. The van der Waals surface area contributed by atoms with Gasteiger partial charge < -0.3 is 4.90 Å². The van der Waals surface area contributed by atoms with Crippen LogP contribution in [0, 0.1) is 18.4 Å². The summed E-state index contributed by atoms with van der Waals surface area (Å²) in [6, 6.07) is 3.41. The molecule has 0 saturated carbocycles. The van der Waals surface area contributed by atoms with E-state index in [1.165, 1.54) is 12.8 Å². The van der Waals surface area contributed by atoms with Crippen LogP contribution < -0.4 is 0 Å². The molecule has 1 aliphatic heterocycles. The second-order valence-corrected chi connectivity index (χ2v) is 4.66. The van der Waals surface area contributed by atoms with Gasteiger partial charge in [-0.1, -0.05) is 20.3 Å². The van der Waals surface area contributed by atoms with Crippen molar-refractivity contribution in [1.82, 2.24) is 4.90 Å². The molecule has 0 aliphatic carbocycles. The van der Waals surface area contributed by atoms with Crippen molar-refractivity contribution in [2.75, 3.05) is 0 Å². The Bertz CT molecular complexity index is 198. The van der Waals surface area contributed by atoms with Gasteiger partial charge in [0.15, 0.2) is 0 Å². The summed E-state index contributed by atoms with van der Waals surface area (Å²) in [6.45, 7) is 8.96. The van der Waals surface area contributed by atoms with E-state index in [0.29, 0.717) is 12.0 Å². The van der Waals surface area contributed by atoms with Gasteiger partial charge in [0.25, 0.3) is 0 Å². The third-order valence-electron chi connectivity index (χ3n) is 2.94. The molecule has 1 saturated heterocycles. The lowest BCUT2D eigenvalue weighted by atomic mass is 10.0. The molecule has 1 rings (SSSR count). The third-order valence-corrected chi connectivity index (χ3v) is 2.94. The molecule has 0 aromatic carbocycles. The number of nitrogens with zero attached hydrogens (tertiary/aromatic N) is 1. The Hall–Kier alpha value is -0.640. The van der Waals surface area contributed by atoms with E-state index in [2.05, 4.69) is 38.6 Å². The number of hydrogen-bond acceptors (Lipinski definition) is 1. The van der Waals surface area contributed by atoms with E-state index >= 15 is 0 Å². The second-order valence-electron chi connectivity index (χ2n) is 4.66. The second kappa shape index (κ2) is 3.01. The molecule has 0 spiro atoms. The topological polar surface area (TPSA) is 3.24 Å². The molecule has 1 atom stereocenters. The van der Waals surface area contributed by atoms with Gasteiger partial charge in [0.05, 0.1) is 0 Å². The van der Waals surface area contributed by atoms with Crippen LogP contribution in [0.25, 0.3) is 0 Å². The highest BCUT2D eigenvalue weighted by Gasteiger charge is 2.38. The lowest BCUT2D eigenvalue weighted by Crippen LogP contribution is -2.41. The number of hydrogen-bond donors (Lipinski definition) is 0. The zero-order chi connectivity index (χ0) is 9.35. The van der Waals surface area contributed by atoms with E-state index in [4.69, 9.17) is 6.42 Å². The summed E-state index contributed by atoms with van der Waals surface area (Å²) in [5.41, 5.74) is 0.212. The van der Waals surface area contributed by atoms with Crippen molar-refractivity contribution in [2.45, 2.75) is 52.1 Å². The van der Waals surface area contributed by atoms with Gasteiger partial charge in [-0.25, -0.2) is 0 Å². The molecule has 68 valence electrons. The molecule has 0 aromatic rings. The Balaban J connectivity index is 2.78. The summed E-state index contributed by atoms with van der Waals surface area (Å²) in [7, 11) is 0. The van der Waals surface area contributed by atoms with Gasteiger partial charge in [0.2, 0.25) is 0 Å². The summed E-state index contributed by atoms with van der Waals surface area (Å²) < 4.78 is 0. The van der Waals surface area contributed by atoms with Crippen molar-refractivity contribution < 1.29 is 0 Å². The van der Waals surface area contributed by atoms with Crippen LogP contribution in [0.1, 0.15) is 40.5 Å². The molecule has 1 heteroatoms. The maximum absolute atomic E-state index is 5.51. The van der Waals surface area contributed by atoms with Gasteiger partial charge >= 0.3 is 0 Å². The molecule has 0 bridgehead atoms. The van der Waals surface area contributed by atoms with E-state index in [0.717, 1.165) is 0 Å². The fourth-order valence-electron chi connectivity index (χ4n) is 2.10. The summed E-state index contributed by atoms with van der Waals surface area (Å²) in [5, 5.41) is 0. The summed E-state index contributed by atoms with van der Waals surface area (Å²) >= 11 is 0. The van der Waals surface area contributed by atoms with Crippen LogP contribution in [-0.2, 0) is 0 Å². The average Bonchev–Trinajstić information content (AvgIpc) is 2.24. The van der Waals surface area contributed by atoms with Gasteiger partial charge in [-0.3, -0.25) is 0 Å². The average molecular weight is 165 g/mol. The van der Waals surface area contributed by atoms with Crippen LogP contribution in [0.3, 0.4) is 0 Å². The fraction of sp³-hybridized carbons (Fsp3) is 0.818. The summed E-state index contributed by atoms with van der Waals surface area (Å²) in [5.74, 6) is 0.669. The monoisotopic (exact) mass is 165 g/mol. The van der Waals surface area contributed by atoms with Crippen LogP contribution in [0.5, 0.6) is 0 Å². The quantitative estimate of drug-likeness (QED) is 0.539.